The van der Waals surface area contributed by atoms with E-state index >= 15 is 0 Å². The van der Waals surface area contributed by atoms with Crippen LogP contribution in [-0.4, -0.2) is 55.0 Å². The molecule has 6 nitrogen and oxygen atoms in total. The summed E-state index contributed by atoms with van der Waals surface area (Å²) in [4.78, 5) is 0. The quantitative estimate of drug-likeness (QED) is 0.408. The SMILES string of the molecule is CC1(C)OB(C(B2OC(C)(C)C(C)(C)O2)[C@H](CCc2ccccc2)B2OC(C)(C)C(C)(C)O2)OC1(C)C. The zero-order chi connectivity index (χ0) is 27.7. The molecule has 0 saturated carbocycles. The van der Waals surface area contributed by atoms with Gasteiger partial charge in [0, 0.05) is 5.72 Å². The molecule has 1 aromatic carbocycles. The second kappa shape index (κ2) is 9.38. The first-order chi connectivity index (χ1) is 16.8. The van der Waals surface area contributed by atoms with Crippen LogP contribution in [0.25, 0.3) is 0 Å². The minimum absolute atomic E-state index is 0.106. The summed E-state index contributed by atoms with van der Waals surface area (Å²) >= 11 is 0. The lowest BCUT2D eigenvalue weighted by Crippen LogP contribution is -2.45. The molecule has 4 rings (SSSR count). The van der Waals surface area contributed by atoms with Crippen molar-refractivity contribution in [1.29, 1.82) is 0 Å². The molecule has 0 amide bonds. The van der Waals surface area contributed by atoms with Crippen molar-refractivity contribution in [2.24, 2.45) is 0 Å². The van der Waals surface area contributed by atoms with E-state index in [0.29, 0.717) is 0 Å². The maximum absolute atomic E-state index is 6.68. The van der Waals surface area contributed by atoms with E-state index in [2.05, 4.69) is 107 Å². The summed E-state index contributed by atoms with van der Waals surface area (Å²) in [6, 6.07) is 10.5. The van der Waals surface area contributed by atoms with Crippen LogP contribution in [0.15, 0.2) is 30.3 Å². The van der Waals surface area contributed by atoms with Crippen LogP contribution in [0.2, 0.25) is 11.5 Å². The van der Waals surface area contributed by atoms with Gasteiger partial charge >= 0.3 is 21.4 Å². The Morgan fingerprint density at radius 2 is 0.838 bits per heavy atom. The van der Waals surface area contributed by atoms with Crippen molar-refractivity contribution in [2.45, 2.75) is 141 Å². The molecule has 0 spiro atoms. The van der Waals surface area contributed by atoms with Crippen molar-refractivity contribution < 1.29 is 27.9 Å². The summed E-state index contributed by atoms with van der Waals surface area (Å²) in [5.74, 6) is -0.106. The number of aryl methyl sites for hydroxylation is 1. The van der Waals surface area contributed by atoms with Gasteiger partial charge in [-0.05, 0) is 107 Å². The second-order valence-electron chi connectivity index (χ2n) is 14.1. The fourth-order valence-electron chi connectivity index (χ4n) is 5.17. The highest BCUT2D eigenvalue weighted by Crippen LogP contribution is 2.53. The Labute approximate surface area is 226 Å². The average molecular weight is 512 g/mol. The molecule has 0 unspecified atom stereocenters. The predicted molar refractivity (Wildman–Crippen MR) is 151 cm³/mol. The van der Waals surface area contributed by atoms with E-state index in [9.17, 15) is 0 Å². The Kier molecular flexibility index (Phi) is 7.39. The van der Waals surface area contributed by atoms with Crippen molar-refractivity contribution in [1.82, 2.24) is 0 Å². The Balaban J connectivity index is 1.75. The van der Waals surface area contributed by atoms with E-state index in [1.54, 1.807) is 0 Å². The average Bonchev–Trinajstić information content (AvgIpc) is 3.19. The monoisotopic (exact) mass is 512 g/mol. The molecular formula is C28H47B3O6. The third-order valence-corrected chi connectivity index (χ3v) is 9.90. The standard InChI is InChI=1S/C28H47B3O6/c1-23(2)24(3,4)33-29(32-23)21(19-18-20-16-14-13-15-17-20)22(30-34-25(5,6)26(7,8)35-30)31-36-27(9,10)28(11,12)37-31/h13-17,21-22H,18-19H2,1-12H3/t21-/m0/s1. The van der Waals surface area contributed by atoms with Crippen LogP contribution < -0.4 is 0 Å². The summed E-state index contributed by atoms with van der Waals surface area (Å²) in [5.41, 5.74) is -1.87. The molecule has 9 heteroatoms. The van der Waals surface area contributed by atoms with Crippen LogP contribution >= 0.6 is 0 Å². The number of hydrogen-bond donors (Lipinski definition) is 0. The van der Waals surface area contributed by atoms with Gasteiger partial charge in [-0.25, -0.2) is 0 Å². The smallest absolute Gasteiger partial charge is 0.403 e. The minimum Gasteiger partial charge on any atom is -0.403 e. The number of hydrogen-bond acceptors (Lipinski definition) is 6. The first kappa shape index (κ1) is 29.2. The Hall–Kier alpha value is -0.825. The molecule has 204 valence electrons. The van der Waals surface area contributed by atoms with Gasteiger partial charge in [-0.3, -0.25) is 0 Å². The fraction of sp³-hybridized carbons (Fsp3) is 0.786. The van der Waals surface area contributed by atoms with Gasteiger partial charge < -0.3 is 27.9 Å². The van der Waals surface area contributed by atoms with Gasteiger partial charge in [-0.1, -0.05) is 30.3 Å². The lowest BCUT2D eigenvalue weighted by atomic mass is 9.39. The van der Waals surface area contributed by atoms with Crippen molar-refractivity contribution in [3.05, 3.63) is 35.9 Å². The highest BCUT2D eigenvalue weighted by Gasteiger charge is 2.66. The molecule has 1 atom stereocenters. The Bertz CT molecular complexity index is 878. The van der Waals surface area contributed by atoms with Gasteiger partial charge in [0.05, 0.1) is 33.6 Å². The molecule has 0 aromatic heterocycles. The van der Waals surface area contributed by atoms with E-state index in [1.165, 1.54) is 5.56 Å². The molecule has 0 aliphatic carbocycles. The van der Waals surface area contributed by atoms with Crippen LogP contribution in [0.5, 0.6) is 0 Å². The predicted octanol–water partition coefficient (Wildman–Crippen LogP) is 6.18. The van der Waals surface area contributed by atoms with E-state index in [4.69, 9.17) is 27.9 Å². The van der Waals surface area contributed by atoms with E-state index in [1.807, 2.05) is 6.07 Å². The summed E-state index contributed by atoms with van der Waals surface area (Å²) in [5, 5.41) is 0. The zero-order valence-electron chi connectivity index (χ0n) is 25.1. The van der Waals surface area contributed by atoms with Crippen molar-refractivity contribution in [2.75, 3.05) is 0 Å². The normalized spacial score (nSPS) is 27.8. The highest BCUT2D eigenvalue weighted by atomic mass is 16.7. The molecule has 3 saturated heterocycles. The molecule has 3 aliphatic heterocycles. The summed E-state index contributed by atoms with van der Waals surface area (Å²) < 4.78 is 40.1. The highest BCUT2D eigenvalue weighted by molar-refractivity contribution is 6.71. The van der Waals surface area contributed by atoms with Crippen LogP contribution in [-0.2, 0) is 34.3 Å². The van der Waals surface area contributed by atoms with Gasteiger partial charge in [0.2, 0.25) is 0 Å². The minimum atomic E-state index is -0.542. The lowest BCUT2D eigenvalue weighted by Gasteiger charge is -2.32. The largest absolute Gasteiger partial charge is 0.460 e. The first-order valence-electron chi connectivity index (χ1n) is 13.9. The molecular weight excluding hydrogens is 465 g/mol. The summed E-state index contributed by atoms with van der Waals surface area (Å²) in [7, 11) is -1.55. The van der Waals surface area contributed by atoms with Crippen molar-refractivity contribution in [3.8, 4) is 0 Å². The van der Waals surface area contributed by atoms with E-state index < -0.39 is 55.0 Å². The number of benzene rings is 1. The van der Waals surface area contributed by atoms with Gasteiger partial charge in [0.15, 0.2) is 0 Å². The van der Waals surface area contributed by atoms with Crippen LogP contribution in [0, 0.1) is 0 Å². The lowest BCUT2D eigenvalue weighted by molar-refractivity contribution is 0.00578. The summed E-state index contributed by atoms with van der Waals surface area (Å²) in [6.07, 6.45) is 1.67. The van der Waals surface area contributed by atoms with Gasteiger partial charge in [0.1, 0.15) is 0 Å². The van der Waals surface area contributed by atoms with Gasteiger partial charge in [-0.2, -0.15) is 0 Å². The zero-order valence-corrected chi connectivity index (χ0v) is 25.1. The van der Waals surface area contributed by atoms with Crippen molar-refractivity contribution in [3.63, 3.8) is 0 Å². The molecule has 3 aliphatic rings. The first-order valence-corrected chi connectivity index (χ1v) is 13.9. The second-order valence-corrected chi connectivity index (χ2v) is 14.1. The molecule has 1 aromatic rings. The molecule has 0 radical (unpaired) electrons. The maximum atomic E-state index is 6.68. The Morgan fingerprint density at radius 3 is 1.19 bits per heavy atom. The summed E-state index contributed by atoms with van der Waals surface area (Å²) in [6.45, 7) is 25.1. The van der Waals surface area contributed by atoms with E-state index in [0.717, 1.165) is 12.8 Å². The third kappa shape index (κ3) is 5.34. The van der Waals surface area contributed by atoms with Crippen LogP contribution in [0.1, 0.15) is 95.1 Å². The molecule has 0 N–H and O–H groups in total. The van der Waals surface area contributed by atoms with Gasteiger partial charge in [-0.15, -0.1) is 0 Å². The number of rotatable bonds is 7. The molecule has 37 heavy (non-hydrogen) atoms. The van der Waals surface area contributed by atoms with Crippen LogP contribution in [0.3, 0.4) is 0 Å². The molecule has 3 fully saturated rings. The fourth-order valence-corrected chi connectivity index (χ4v) is 5.17. The topological polar surface area (TPSA) is 55.4 Å². The van der Waals surface area contributed by atoms with E-state index in [-0.39, 0.29) is 11.5 Å². The third-order valence-electron chi connectivity index (χ3n) is 9.90. The maximum Gasteiger partial charge on any atom is 0.460 e. The van der Waals surface area contributed by atoms with Gasteiger partial charge in [0.25, 0.3) is 0 Å². The molecule has 3 heterocycles. The Morgan fingerprint density at radius 1 is 0.514 bits per heavy atom. The van der Waals surface area contributed by atoms with Crippen LogP contribution in [0.4, 0.5) is 0 Å². The molecule has 0 bridgehead atoms. The van der Waals surface area contributed by atoms with Crippen molar-refractivity contribution >= 4 is 21.4 Å².